The van der Waals surface area contributed by atoms with Crippen molar-refractivity contribution < 1.29 is 18.0 Å². The van der Waals surface area contributed by atoms with Gasteiger partial charge in [-0.05, 0) is 62.1 Å². The summed E-state index contributed by atoms with van der Waals surface area (Å²) >= 11 is 0. The van der Waals surface area contributed by atoms with Gasteiger partial charge in [-0.3, -0.25) is 13.9 Å². The van der Waals surface area contributed by atoms with Crippen molar-refractivity contribution in [2.45, 2.75) is 44.6 Å². The number of aryl methyl sites for hydroxylation is 1. The first-order valence-corrected chi connectivity index (χ1v) is 13.9. The van der Waals surface area contributed by atoms with Crippen LogP contribution in [0.3, 0.4) is 0 Å². The van der Waals surface area contributed by atoms with Gasteiger partial charge in [0.25, 0.3) is 10.0 Å². The van der Waals surface area contributed by atoms with E-state index in [1.54, 1.807) is 43.3 Å². The van der Waals surface area contributed by atoms with E-state index in [0.29, 0.717) is 18.7 Å². The minimum atomic E-state index is -4.04. The van der Waals surface area contributed by atoms with Crippen LogP contribution < -0.4 is 9.62 Å². The Morgan fingerprint density at radius 1 is 0.919 bits per heavy atom. The maximum Gasteiger partial charge on any atom is 0.264 e. The predicted molar refractivity (Wildman–Crippen MR) is 147 cm³/mol. The highest BCUT2D eigenvalue weighted by Crippen LogP contribution is 2.25. The molecule has 1 N–H and O–H groups in total. The molecule has 0 saturated carbocycles. The van der Waals surface area contributed by atoms with Crippen molar-refractivity contribution in [1.29, 1.82) is 0 Å². The minimum Gasteiger partial charge on any atom is -0.354 e. The third kappa shape index (κ3) is 7.43. The van der Waals surface area contributed by atoms with Crippen molar-refractivity contribution in [3.05, 3.63) is 96.1 Å². The molecule has 3 aromatic rings. The average Bonchev–Trinajstić information content (AvgIpc) is 2.91. The molecule has 0 fully saturated rings. The number of amides is 2. The van der Waals surface area contributed by atoms with Crippen molar-refractivity contribution in [2.24, 2.45) is 0 Å². The SMILES string of the molecule is CCCNC(=O)C(C)N(CCc1ccccc1)C(=O)CN(c1cccc(C)c1)S(=O)(=O)c1ccccc1. The highest BCUT2D eigenvalue weighted by Gasteiger charge is 2.32. The fourth-order valence-electron chi connectivity index (χ4n) is 4.00. The lowest BCUT2D eigenvalue weighted by Crippen LogP contribution is -2.52. The van der Waals surface area contributed by atoms with E-state index in [0.717, 1.165) is 21.9 Å². The van der Waals surface area contributed by atoms with E-state index in [1.165, 1.54) is 17.0 Å². The molecule has 0 spiro atoms. The second-order valence-electron chi connectivity index (χ2n) is 8.95. The van der Waals surface area contributed by atoms with Gasteiger partial charge in [0, 0.05) is 13.1 Å². The summed E-state index contributed by atoms with van der Waals surface area (Å²) in [4.78, 5) is 28.2. The Kier molecular flexibility index (Phi) is 9.85. The second kappa shape index (κ2) is 13.1. The standard InChI is InChI=1S/C29H35N3O4S/c1-4-19-30-29(34)24(3)31(20-18-25-13-7-5-8-14-25)28(33)22-32(26-15-11-12-23(2)21-26)37(35,36)27-16-9-6-10-17-27/h5-17,21,24H,4,18-20,22H2,1-3H3,(H,30,34). The Hall–Kier alpha value is -3.65. The van der Waals surface area contributed by atoms with Gasteiger partial charge >= 0.3 is 0 Å². The van der Waals surface area contributed by atoms with Crippen LogP contribution in [0.5, 0.6) is 0 Å². The first kappa shape index (κ1) is 27.9. The number of hydrogen-bond donors (Lipinski definition) is 1. The molecule has 196 valence electrons. The molecular weight excluding hydrogens is 486 g/mol. The number of nitrogens with one attached hydrogen (secondary N) is 1. The Balaban J connectivity index is 1.95. The fraction of sp³-hybridized carbons (Fsp3) is 0.310. The molecular formula is C29H35N3O4S. The smallest absolute Gasteiger partial charge is 0.264 e. The summed E-state index contributed by atoms with van der Waals surface area (Å²) in [5.41, 5.74) is 2.28. The van der Waals surface area contributed by atoms with Crippen LogP contribution in [0.15, 0.2) is 89.8 Å². The normalized spacial score (nSPS) is 12.0. The Labute approximate surface area is 220 Å². The van der Waals surface area contributed by atoms with Crippen LogP contribution in [0.1, 0.15) is 31.4 Å². The number of benzene rings is 3. The maximum absolute atomic E-state index is 13.8. The van der Waals surface area contributed by atoms with Crippen LogP contribution in [-0.4, -0.2) is 50.8 Å². The summed E-state index contributed by atoms with van der Waals surface area (Å²) < 4.78 is 28.5. The van der Waals surface area contributed by atoms with E-state index in [9.17, 15) is 18.0 Å². The monoisotopic (exact) mass is 521 g/mol. The highest BCUT2D eigenvalue weighted by atomic mass is 32.2. The van der Waals surface area contributed by atoms with E-state index >= 15 is 0 Å². The molecule has 0 aliphatic rings. The van der Waals surface area contributed by atoms with Crippen LogP contribution in [0.4, 0.5) is 5.69 Å². The summed E-state index contributed by atoms with van der Waals surface area (Å²) in [6.45, 7) is 5.85. The third-order valence-corrected chi connectivity index (χ3v) is 7.89. The Morgan fingerprint density at radius 3 is 2.19 bits per heavy atom. The predicted octanol–water partition coefficient (Wildman–Crippen LogP) is 4.18. The first-order chi connectivity index (χ1) is 17.7. The van der Waals surface area contributed by atoms with Crippen LogP contribution in [0.2, 0.25) is 0 Å². The molecule has 0 heterocycles. The Morgan fingerprint density at radius 2 is 1.57 bits per heavy atom. The average molecular weight is 522 g/mol. The fourth-order valence-corrected chi connectivity index (χ4v) is 5.42. The lowest BCUT2D eigenvalue weighted by molar-refractivity contribution is -0.138. The zero-order chi connectivity index (χ0) is 26.8. The van der Waals surface area contributed by atoms with Crippen molar-refractivity contribution in [3.63, 3.8) is 0 Å². The molecule has 8 heteroatoms. The molecule has 1 atom stereocenters. The van der Waals surface area contributed by atoms with Crippen molar-refractivity contribution >= 4 is 27.5 Å². The molecule has 7 nitrogen and oxygen atoms in total. The van der Waals surface area contributed by atoms with Gasteiger partial charge in [-0.1, -0.05) is 67.6 Å². The lowest BCUT2D eigenvalue weighted by Gasteiger charge is -2.32. The number of sulfonamides is 1. The van der Waals surface area contributed by atoms with Crippen molar-refractivity contribution in [3.8, 4) is 0 Å². The van der Waals surface area contributed by atoms with Gasteiger partial charge in [-0.15, -0.1) is 0 Å². The summed E-state index contributed by atoms with van der Waals surface area (Å²) in [5.74, 6) is -0.715. The summed E-state index contributed by atoms with van der Waals surface area (Å²) in [6.07, 6.45) is 1.31. The van der Waals surface area contributed by atoms with Gasteiger partial charge in [-0.2, -0.15) is 0 Å². The zero-order valence-corrected chi connectivity index (χ0v) is 22.4. The molecule has 0 saturated heterocycles. The molecule has 2 amide bonds. The number of carbonyl (C=O) groups excluding carboxylic acids is 2. The van der Waals surface area contributed by atoms with Crippen LogP contribution >= 0.6 is 0 Å². The zero-order valence-electron chi connectivity index (χ0n) is 21.6. The highest BCUT2D eigenvalue weighted by molar-refractivity contribution is 7.92. The molecule has 0 aromatic heterocycles. The molecule has 37 heavy (non-hydrogen) atoms. The minimum absolute atomic E-state index is 0.0916. The third-order valence-electron chi connectivity index (χ3n) is 6.10. The summed E-state index contributed by atoms with van der Waals surface area (Å²) in [6, 6.07) is 24.0. The van der Waals surface area contributed by atoms with Gasteiger partial charge in [0.15, 0.2) is 0 Å². The second-order valence-corrected chi connectivity index (χ2v) is 10.8. The molecule has 3 aromatic carbocycles. The van der Waals surface area contributed by atoms with Gasteiger partial charge in [0.1, 0.15) is 12.6 Å². The molecule has 3 rings (SSSR count). The van der Waals surface area contributed by atoms with Gasteiger partial charge in [0.2, 0.25) is 11.8 Å². The van der Waals surface area contributed by atoms with E-state index < -0.39 is 28.5 Å². The van der Waals surface area contributed by atoms with E-state index in [1.807, 2.05) is 50.2 Å². The molecule has 0 bridgehead atoms. The number of anilines is 1. The van der Waals surface area contributed by atoms with Crippen LogP contribution in [0, 0.1) is 6.92 Å². The van der Waals surface area contributed by atoms with Gasteiger partial charge < -0.3 is 10.2 Å². The quantitative estimate of drug-likeness (QED) is 0.388. The van der Waals surface area contributed by atoms with E-state index in [-0.39, 0.29) is 17.3 Å². The number of carbonyl (C=O) groups is 2. The van der Waals surface area contributed by atoms with Crippen LogP contribution in [0.25, 0.3) is 0 Å². The van der Waals surface area contributed by atoms with Gasteiger partial charge in [0.05, 0.1) is 10.6 Å². The lowest BCUT2D eigenvalue weighted by atomic mass is 10.1. The summed E-state index contributed by atoms with van der Waals surface area (Å²) in [7, 11) is -4.04. The molecule has 1 unspecified atom stereocenters. The van der Waals surface area contributed by atoms with E-state index in [4.69, 9.17) is 0 Å². The number of nitrogens with zero attached hydrogens (tertiary/aromatic N) is 2. The maximum atomic E-state index is 13.8. The molecule has 0 aliphatic carbocycles. The van der Waals surface area contributed by atoms with Gasteiger partial charge in [-0.25, -0.2) is 8.42 Å². The number of rotatable bonds is 12. The summed E-state index contributed by atoms with van der Waals surface area (Å²) in [5, 5.41) is 2.85. The van der Waals surface area contributed by atoms with E-state index in [2.05, 4.69) is 5.32 Å². The van der Waals surface area contributed by atoms with Crippen LogP contribution in [-0.2, 0) is 26.0 Å². The molecule has 0 aliphatic heterocycles. The topological polar surface area (TPSA) is 86.8 Å². The van der Waals surface area contributed by atoms with Crippen molar-refractivity contribution in [2.75, 3.05) is 23.9 Å². The van der Waals surface area contributed by atoms with Crippen molar-refractivity contribution in [1.82, 2.24) is 10.2 Å². The Bertz CT molecular complexity index is 1280. The molecule has 0 radical (unpaired) electrons. The first-order valence-electron chi connectivity index (χ1n) is 12.5. The number of hydrogen-bond acceptors (Lipinski definition) is 4. The largest absolute Gasteiger partial charge is 0.354 e.